The van der Waals surface area contributed by atoms with Crippen molar-refractivity contribution in [3.8, 4) is 11.5 Å². The van der Waals surface area contributed by atoms with Gasteiger partial charge in [0.25, 0.3) is 20.2 Å². The quantitative estimate of drug-likeness (QED) is 0.0759. The molecule has 21 heteroatoms. The van der Waals surface area contributed by atoms with Crippen LogP contribution in [0, 0.1) is 0 Å². The van der Waals surface area contributed by atoms with Gasteiger partial charge in [-0.2, -0.15) is 21.9 Å². The lowest BCUT2D eigenvalue weighted by Crippen LogP contribution is -2.11. The SMILES string of the molecule is CCOc1ccc2nc(N=Nc3c(S(=O)(=O)O)cc4cc(S(=O)(=O)O)c(N=Nc5ccc(S(N)(=O)=O)cc5)c(O)c4c3N)sc2c1. The maximum absolute atomic E-state index is 12.3. The van der Waals surface area contributed by atoms with Crippen LogP contribution in [0.5, 0.6) is 11.5 Å². The molecule has 7 N–H and O–H groups in total. The van der Waals surface area contributed by atoms with Crippen LogP contribution in [0.25, 0.3) is 21.0 Å². The number of rotatable bonds is 9. The van der Waals surface area contributed by atoms with E-state index in [0.29, 0.717) is 22.6 Å². The second-order valence-corrected chi connectivity index (χ2v) is 14.6. The number of primary sulfonamides is 1. The molecule has 46 heavy (non-hydrogen) atoms. The lowest BCUT2D eigenvalue weighted by molar-refractivity contribution is 0.341. The molecule has 1 heterocycles. The number of anilines is 1. The maximum Gasteiger partial charge on any atom is 0.296 e. The van der Waals surface area contributed by atoms with Gasteiger partial charge in [0.2, 0.25) is 15.2 Å². The summed E-state index contributed by atoms with van der Waals surface area (Å²) in [6, 6.07) is 11.2. The van der Waals surface area contributed by atoms with Crippen molar-refractivity contribution in [1.82, 2.24) is 4.98 Å². The number of thiazole rings is 1. The highest BCUT2D eigenvalue weighted by Crippen LogP contribution is 2.48. The Morgan fingerprint density at radius 1 is 0.848 bits per heavy atom. The summed E-state index contributed by atoms with van der Waals surface area (Å²) in [4.78, 5) is 2.15. The van der Waals surface area contributed by atoms with Crippen LogP contribution in [-0.2, 0) is 30.3 Å². The molecule has 4 aromatic carbocycles. The Labute approximate surface area is 264 Å². The molecule has 0 saturated carbocycles. The van der Waals surface area contributed by atoms with Crippen LogP contribution in [0.3, 0.4) is 0 Å². The van der Waals surface area contributed by atoms with Crippen molar-refractivity contribution >= 4 is 90.5 Å². The van der Waals surface area contributed by atoms with Crippen molar-refractivity contribution in [2.24, 2.45) is 25.6 Å². The summed E-state index contributed by atoms with van der Waals surface area (Å²) in [5.74, 6) is -0.378. The fraction of sp³-hybridized carbons (Fsp3) is 0.0800. The summed E-state index contributed by atoms with van der Waals surface area (Å²) in [6.07, 6.45) is 0. The number of nitrogens with zero attached hydrogens (tertiary/aromatic N) is 5. The second-order valence-electron chi connectivity index (χ2n) is 9.26. The number of phenolic OH excluding ortho intramolecular Hbond substituents is 1. The van der Waals surface area contributed by atoms with E-state index in [2.05, 4.69) is 25.4 Å². The standard InChI is InChI=1S/C25H21N7O10S4/c1-2-42-14-5-8-16-17(11-14)43-25(28-16)32-30-22-18(45(36,37)38)9-12-10-19(46(39,40)41)23(24(33)20(12)21(22)26)31-29-13-3-6-15(7-4-13)44(27,34)35/h3-11,33H,2,26H2,1H3,(H2,27,34,35)(H,36,37,38)(H,39,40,41). The summed E-state index contributed by atoms with van der Waals surface area (Å²) in [7, 11) is -14.2. The molecule has 0 radical (unpaired) electrons. The Hall–Kier alpha value is -4.64. The van der Waals surface area contributed by atoms with Gasteiger partial charge < -0.3 is 15.6 Å². The van der Waals surface area contributed by atoms with E-state index in [0.717, 1.165) is 35.6 Å². The van der Waals surface area contributed by atoms with Gasteiger partial charge in [0.05, 0.1) is 38.5 Å². The van der Waals surface area contributed by atoms with Crippen molar-refractivity contribution in [1.29, 1.82) is 0 Å². The minimum atomic E-state index is -5.14. The van der Waals surface area contributed by atoms with E-state index in [9.17, 15) is 39.5 Å². The molecule has 1 aromatic heterocycles. The zero-order valence-corrected chi connectivity index (χ0v) is 26.4. The molecule has 0 atom stereocenters. The van der Waals surface area contributed by atoms with E-state index >= 15 is 0 Å². The first-order valence-corrected chi connectivity index (χ1v) is 17.8. The third kappa shape index (κ3) is 6.64. The van der Waals surface area contributed by atoms with Crippen LogP contribution in [0.2, 0.25) is 0 Å². The zero-order chi connectivity index (χ0) is 33.6. The molecule has 5 aromatic rings. The highest BCUT2D eigenvalue weighted by atomic mass is 32.2. The van der Waals surface area contributed by atoms with Crippen LogP contribution < -0.4 is 15.6 Å². The molecule has 0 amide bonds. The van der Waals surface area contributed by atoms with Gasteiger partial charge in [0.1, 0.15) is 26.9 Å². The molecule has 0 aliphatic rings. The number of sulfonamides is 1. The molecule has 5 rings (SSSR count). The molecule has 0 saturated heterocycles. The molecule has 0 spiro atoms. The summed E-state index contributed by atoms with van der Waals surface area (Å²) in [5, 5.41) is 30.9. The van der Waals surface area contributed by atoms with Crippen LogP contribution in [0.15, 0.2) is 89.7 Å². The van der Waals surface area contributed by atoms with E-state index in [1.807, 2.05) is 6.92 Å². The van der Waals surface area contributed by atoms with Gasteiger partial charge in [-0.05, 0) is 66.9 Å². The van der Waals surface area contributed by atoms with E-state index in [1.54, 1.807) is 18.2 Å². The molecular formula is C25H21N7O10S4. The summed E-state index contributed by atoms with van der Waals surface area (Å²) in [6.45, 7) is 2.26. The molecule has 0 aliphatic heterocycles. The predicted molar refractivity (Wildman–Crippen MR) is 167 cm³/mol. The summed E-state index contributed by atoms with van der Waals surface area (Å²) in [5.41, 5.74) is 4.75. The van der Waals surface area contributed by atoms with E-state index in [-0.39, 0.29) is 26.5 Å². The number of nitrogen functional groups attached to an aromatic ring is 1. The first kappa shape index (κ1) is 32.7. The largest absolute Gasteiger partial charge is 0.505 e. The lowest BCUT2D eigenvalue weighted by Gasteiger charge is -2.14. The number of aromatic nitrogens is 1. The van der Waals surface area contributed by atoms with Crippen molar-refractivity contribution in [2.45, 2.75) is 21.6 Å². The van der Waals surface area contributed by atoms with Crippen LogP contribution >= 0.6 is 11.3 Å². The third-order valence-electron chi connectivity index (χ3n) is 6.20. The summed E-state index contributed by atoms with van der Waals surface area (Å²) >= 11 is 1.08. The Bertz CT molecular complexity index is 2430. The fourth-order valence-corrected chi connectivity index (χ4v) is 6.86. The second kappa shape index (κ2) is 11.9. The average Bonchev–Trinajstić information content (AvgIpc) is 3.37. The fourth-order valence-electron chi connectivity index (χ4n) is 4.20. The Balaban J connectivity index is 1.68. The molecule has 0 unspecified atom stereocenters. The number of aromatic hydroxyl groups is 1. The molecule has 240 valence electrons. The highest BCUT2D eigenvalue weighted by Gasteiger charge is 2.28. The van der Waals surface area contributed by atoms with Crippen LogP contribution in [-0.4, -0.2) is 51.1 Å². The van der Waals surface area contributed by atoms with E-state index in [1.165, 1.54) is 12.1 Å². The van der Waals surface area contributed by atoms with Gasteiger partial charge in [-0.15, -0.1) is 15.3 Å². The third-order valence-corrected chi connectivity index (χ3v) is 9.76. The monoisotopic (exact) mass is 707 g/mol. The maximum atomic E-state index is 12.3. The minimum Gasteiger partial charge on any atom is -0.505 e. The number of ether oxygens (including phenoxy) is 1. The number of benzene rings is 4. The molecule has 0 fully saturated rings. The highest BCUT2D eigenvalue weighted by molar-refractivity contribution is 7.89. The molecule has 17 nitrogen and oxygen atoms in total. The van der Waals surface area contributed by atoms with Gasteiger partial charge in [-0.25, -0.2) is 18.5 Å². The first-order chi connectivity index (χ1) is 21.5. The van der Waals surface area contributed by atoms with Gasteiger partial charge in [0, 0.05) is 0 Å². The van der Waals surface area contributed by atoms with Gasteiger partial charge in [-0.1, -0.05) is 11.3 Å². The number of hydrogen-bond acceptors (Lipinski definition) is 15. The topological polar surface area (TPSA) is 287 Å². The van der Waals surface area contributed by atoms with Crippen molar-refractivity contribution < 1.29 is 44.2 Å². The Morgan fingerprint density at radius 2 is 1.46 bits per heavy atom. The normalized spacial score (nSPS) is 13.0. The van der Waals surface area contributed by atoms with Gasteiger partial charge in [-0.3, -0.25) is 9.11 Å². The predicted octanol–water partition coefficient (Wildman–Crippen LogP) is 5.11. The number of nitrogens with two attached hydrogens (primary N) is 2. The number of hydrogen-bond donors (Lipinski definition) is 5. The van der Waals surface area contributed by atoms with Crippen molar-refractivity contribution in [3.63, 3.8) is 0 Å². The number of azo groups is 2. The number of fused-ring (bicyclic) bond motifs is 2. The Morgan fingerprint density at radius 3 is 2.04 bits per heavy atom. The molecule has 0 bridgehead atoms. The lowest BCUT2D eigenvalue weighted by atomic mass is 10.1. The van der Waals surface area contributed by atoms with Crippen LogP contribution in [0.4, 0.5) is 27.9 Å². The van der Waals surface area contributed by atoms with E-state index < -0.39 is 62.9 Å². The molecular weight excluding hydrogens is 687 g/mol. The van der Waals surface area contributed by atoms with Gasteiger partial charge >= 0.3 is 0 Å². The van der Waals surface area contributed by atoms with E-state index in [4.69, 9.17) is 15.6 Å². The summed E-state index contributed by atoms with van der Waals surface area (Å²) < 4.78 is 98.2. The van der Waals surface area contributed by atoms with Crippen molar-refractivity contribution in [2.75, 3.05) is 12.3 Å². The zero-order valence-electron chi connectivity index (χ0n) is 23.1. The van der Waals surface area contributed by atoms with Crippen LogP contribution in [0.1, 0.15) is 6.92 Å². The minimum absolute atomic E-state index is 0.0124. The first-order valence-electron chi connectivity index (χ1n) is 12.5. The Kier molecular flexibility index (Phi) is 8.50. The van der Waals surface area contributed by atoms with Gasteiger partial charge in [0.15, 0.2) is 5.75 Å². The molecule has 0 aliphatic carbocycles. The smallest absolute Gasteiger partial charge is 0.296 e. The average molecular weight is 708 g/mol. The number of phenols is 1. The van der Waals surface area contributed by atoms with Crippen molar-refractivity contribution in [3.05, 3.63) is 54.6 Å².